The van der Waals surface area contributed by atoms with Crippen molar-refractivity contribution in [2.24, 2.45) is 0 Å². The molecule has 7 heteroatoms. The zero-order chi connectivity index (χ0) is 13.7. The average Bonchev–Trinajstić information content (AvgIpc) is 2.71. The van der Waals surface area contributed by atoms with E-state index >= 15 is 0 Å². The van der Waals surface area contributed by atoms with Crippen molar-refractivity contribution in [3.8, 4) is 5.88 Å². The third kappa shape index (κ3) is 3.56. The van der Waals surface area contributed by atoms with Crippen LogP contribution >= 0.6 is 11.7 Å². The van der Waals surface area contributed by atoms with Crippen molar-refractivity contribution in [3.05, 3.63) is 0 Å². The molecular formula is C12H19N3O3S. The monoisotopic (exact) mass is 285 g/mol. The predicted octanol–water partition coefficient (Wildman–Crippen LogP) is 1.86. The number of methoxy groups -OCH3 is 1. The van der Waals surface area contributed by atoms with Crippen LogP contribution in [0, 0.1) is 0 Å². The molecule has 1 atom stereocenters. The number of rotatable bonds is 4. The highest BCUT2D eigenvalue weighted by molar-refractivity contribution is 6.99. The van der Waals surface area contributed by atoms with Crippen LogP contribution in [0.1, 0.15) is 32.6 Å². The van der Waals surface area contributed by atoms with Gasteiger partial charge in [-0.2, -0.15) is 4.37 Å². The molecule has 0 spiro atoms. The number of carbonyl (C=O) groups is 1. The number of anilines is 1. The summed E-state index contributed by atoms with van der Waals surface area (Å²) in [7, 11) is 1.34. The van der Waals surface area contributed by atoms with Gasteiger partial charge in [-0.3, -0.25) is 0 Å². The van der Waals surface area contributed by atoms with Crippen LogP contribution < -0.4 is 9.64 Å². The third-order valence-electron chi connectivity index (χ3n) is 3.17. The fraction of sp³-hybridized carbons (Fsp3) is 0.750. The Labute approximate surface area is 117 Å². The molecule has 0 aliphatic carbocycles. The maximum atomic E-state index is 11.4. The largest absolute Gasteiger partial charge is 0.466 e. The maximum absolute atomic E-state index is 11.4. The van der Waals surface area contributed by atoms with Crippen LogP contribution in [0.15, 0.2) is 0 Å². The number of esters is 1. The molecule has 0 amide bonds. The van der Waals surface area contributed by atoms with Gasteiger partial charge in [-0.25, -0.2) is 4.79 Å². The number of ether oxygens (including phenoxy) is 2. The summed E-state index contributed by atoms with van der Waals surface area (Å²) in [5.41, 5.74) is 0. The number of hydrogen-bond donors (Lipinski definition) is 0. The van der Waals surface area contributed by atoms with Gasteiger partial charge in [0.1, 0.15) is 0 Å². The number of carbonyl (C=O) groups excluding carboxylic acids is 1. The number of nitrogens with zero attached hydrogens (tertiary/aromatic N) is 3. The van der Waals surface area contributed by atoms with E-state index in [0.29, 0.717) is 5.88 Å². The van der Waals surface area contributed by atoms with Crippen LogP contribution in [-0.2, 0) is 9.53 Å². The molecule has 0 aromatic carbocycles. The molecular weight excluding hydrogens is 266 g/mol. The maximum Gasteiger partial charge on any atom is 0.346 e. The van der Waals surface area contributed by atoms with E-state index in [-0.39, 0.29) is 0 Å². The highest BCUT2D eigenvalue weighted by Crippen LogP contribution is 2.28. The lowest BCUT2D eigenvalue weighted by Crippen LogP contribution is -2.28. The summed E-state index contributed by atoms with van der Waals surface area (Å²) in [6.45, 7) is 3.58. The fourth-order valence-electron chi connectivity index (χ4n) is 2.11. The molecule has 1 fully saturated rings. The van der Waals surface area contributed by atoms with Gasteiger partial charge in [-0.1, -0.05) is 12.8 Å². The Hall–Kier alpha value is -1.37. The Morgan fingerprint density at radius 1 is 1.26 bits per heavy atom. The highest BCUT2D eigenvalue weighted by atomic mass is 32.1. The summed E-state index contributed by atoms with van der Waals surface area (Å²) in [6, 6.07) is 0. The molecule has 0 bridgehead atoms. The van der Waals surface area contributed by atoms with E-state index in [2.05, 4.69) is 18.4 Å². The Morgan fingerprint density at radius 2 is 1.95 bits per heavy atom. The molecule has 1 aromatic heterocycles. The summed E-state index contributed by atoms with van der Waals surface area (Å²) in [6.07, 6.45) is 4.15. The first kappa shape index (κ1) is 14.0. The summed E-state index contributed by atoms with van der Waals surface area (Å²) < 4.78 is 18.6. The van der Waals surface area contributed by atoms with E-state index in [9.17, 15) is 4.79 Å². The van der Waals surface area contributed by atoms with Gasteiger partial charge in [0, 0.05) is 13.1 Å². The molecule has 1 aliphatic rings. The van der Waals surface area contributed by atoms with Crippen LogP contribution in [0.3, 0.4) is 0 Å². The molecule has 1 aliphatic heterocycles. The summed E-state index contributed by atoms with van der Waals surface area (Å²) in [4.78, 5) is 13.6. The van der Waals surface area contributed by atoms with E-state index < -0.39 is 12.1 Å². The average molecular weight is 285 g/mol. The van der Waals surface area contributed by atoms with Gasteiger partial charge in [-0.15, -0.1) is 4.37 Å². The Kier molecular flexibility index (Phi) is 4.95. The predicted molar refractivity (Wildman–Crippen MR) is 72.7 cm³/mol. The summed E-state index contributed by atoms with van der Waals surface area (Å²) in [5, 5.41) is 0. The van der Waals surface area contributed by atoms with Gasteiger partial charge in [-0.05, 0) is 19.8 Å². The molecule has 2 rings (SSSR count). The lowest BCUT2D eigenvalue weighted by molar-refractivity contribution is -0.148. The first-order valence-electron chi connectivity index (χ1n) is 6.54. The van der Waals surface area contributed by atoms with Gasteiger partial charge >= 0.3 is 5.97 Å². The van der Waals surface area contributed by atoms with Crippen LogP contribution in [0.2, 0.25) is 0 Å². The lowest BCUT2D eigenvalue weighted by atomic mass is 10.2. The van der Waals surface area contributed by atoms with Gasteiger partial charge in [0.2, 0.25) is 5.82 Å². The zero-order valence-corrected chi connectivity index (χ0v) is 12.1. The molecule has 0 saturated carbocycles. The van der Waals surface area contributed by atoms with Crippen molar-refractivity contribution in [1.29, 1.82) is 0 Å². The molecule has 1 aromatic rings. The minimum absolute atomic E-state index is 0.408. The quantitative estimate of drug-likeness (QED) is 0.787. The molecule has 2 heterocycles. The van der Waals surface area contributed by atoms with Crippen molar-refractivity contribution in [2.45, 2.75) is 38.7 Å². The molecule has 1 saturated heterocycles. The SMILES string of the molecule is COC(=O)C(C)Oc1nsnc1N1CCCCCC1. The second-order valence-electron chi connectivity index (χ2n) is 4.58. The topological polar surface area (TPSA) is 64.5 Å². The van der Waals surface area contributed by atoms with E-state index in [1.807, 2.05) is 0 Å². The molecule has 1 unspecified atom stereocenters. The third-order valence-corrected chi connectivity index (χ3v) is 3.67. The van der Waals surface area contributed by atoms with E-state index in [4.69, 9.17) is 4.74 Å². The summed E-state index contributed by atoms with van der Waals surface area (Å²) >= 11 is 1.11. The van der Waals surface area contributed by atoms with Crippen molar-refractivity contribution in [1.82, 2.24) is 8.75 Å². The van der Waals surface area contributed by atoms with Gasteiger partial charge in [0.15, 0.2) is 6.10 Å². The van der Waals surface area contributed by atoms with E-state index in [1.165, 1.54) is 20.0 Å². The first-order valence-corrected chi connectivity index (χ1v) is 7.27. The highest BCUT2D eigenvalue weighted by Gasteiger charge is 2.23. The lowest BCUT2D eigenvalue weighted by Gasteiger charge is -2.21. The minimum Gasteiger partial charge on any atom is -0.466 e. The van der Waals surface area contributed by atoms with Crippen LogP contribution in [0.4, 0.5) is 5.82 Å². The fourth-order valence-corrected chi connectivity index (χ4v) is 2.62. The molecule has 19 heavy (non-hydrogen) atoms. The molecule has 6 nitrogen and oxygen atoms in total. The van der Waals surface area contributed by atoms with Crippen molar-refractivity contribution >= 4 is 23.5 Å². The standard InChI is InChI=1S/C12H19N3O3S/c1-9(12(16)17-2)18-11-10(13-19-14-11)15-7-5-3-4-6-8-15/h9H,3-8H2,1-2H3. The van der Waals surface area contributed by atoms with Crippen LogP contribution in [-0.4, -0.2) is 41.0 Å². The second-order valence-corrected chi connectivity index (χ2v) is 5.11. The minimum atomic E-state index is -0.667. The Bertz CT molecular complexity index is 416. The van der Waals surface area contributed by atoms with Gasteiger partial charge < -0.3 is 14.4 Å². The van der Waals surface area contributed by atoms with Crippen molar-refractivity contribution in [2.75, 3.05) is 25.1 Å². The van der Waals surface area contributed by atoms with Gasteiger partial charge in [0.05, 0.1) is 18.8 Å². The van der Waals surface area contributed by atoms with Gasteiger partial charge in [0.25, 0.3) is 5.88 Å². The Balaban J connectivity index is 2.06. The van der Waals surface area contributed by atoms with Crippen molar-refractivity contribution < 1.29 is 14.3 Å². The number of hydrogen-bond acceptors (Lipinski definition) is 7. The van der Waals surface area contributed by atoms with E-state index in [1.54, 1.807) is 6.92 Å². The first-order chi connectivity index (χ1) is 9.22. The van der Waals surface area contributed by atoms with E-state index in [0.717, 1.165) is 43.5 Å². The second kappa shape index (κ2) is 6.70. The van der Waals surface area contributed by atoms with Crippen LogP contribution in [0.25, 0.3) is 0 Å². The molecule has 106 valence electrons. The molecule has 0 N–H and O–H groups in total. The molecule has 0 radical (unpaired) electrons. The zero-order valence-electron chi connectivity index (χ0n) is 11.3. The Morgan fingerprint density at radius 3 is 2.58 bits per heavy atom. The normalized spacial score (nSPS) is 17.7. The smallest absolute Gasteiger partial charge is 0.346 e. The summed E-state index contributed by atoms with van der Waals surface area (Å²) in [5.74, 6) is 0.780. The van der Waals surface area contributed by atoms with Crippen molar-refractivity contribution in [3.63, 3.8) is 0 Å². The number of aromatic nitrogens is 2. The van der Waals surface area contributed by atoms with Crippen LogP contribution in [0.5, 0.6) is 5.88 Å².